The minimum absolute atomic E-state index is 0.243. The van der Waals surface area contributed by atoms with Crippen LogP contribution in [0.3, 0.4) is 0 Å². The van der Waals surface area contributed by atoms with Crippen LogP contribution in [-0.2, 0) is 6.18 Å². The van der Waals surface area contributed by atoms with Crippen LogP contribution in [0.15, 0.2) is 6.07 Å². The molecular formula is C9H9F6N3O. The van der Waals surface area contributed by atoms with Crippen LogP contribution in [0.1, 0.15) is 12.7 Å². The first-order chi connectivity index (χ1) is 8.62. The molecule has 19 heavy (non-hydrogen) atoms. The summed E-state index contributed by atoms with van der Waals surface area (Å²) in [5.74, 6) is -2.62. The van der Waals surface area contributed by atoms with Gasteiger partial charge in [-0.25, -0.2) is 4.98 Å². The number of alkyl halides is 6. The van der Waals surface area contributed by atoms with Crippen LogP contribution < -0.4 is 10.1 Å². The number of hydrogen-bond donors (Lipinski definition) is 1. The molecule has 0 aliphatic heterocycles. The molecule has 0 aliphatic rings. The monoisotopic (exact) mass is 289 g/mol. The maximum atomic E-state index is 12.4. The normalized spacial score (nSPS) is 12.4. The first-order valence-corrected chi connectivity index (χ1v) is 5.01. The number of aromatic nitrogens is 2. The van der Waals surface area contributed by atoms with Gasteiger partial charge in [-0.15, -0.1) is 0 Å². The largest absolute Gasteiger partial charge is 0.468 e. The summed E-state index contributed by atoms with van der Waals surface area (Å²) in [5.41, 5.74) is 0. The van der Waals surface area contributed by atoms with E-state index in [0.717, 1.165) is 6.07 Å². The van der Waals surface area contributed by atoms with E-state index in [-0.39, 0.29) is 12.4 Å². The topological polar surface area (TPSA) is 47.0 Å². The second-order valence-electron chi connectivity index (χ2n) is 3.35. The van der Waals surface area contributed by atoms with Gasteiger partial charge in [-0.05, 0) is 6.92 Å². The molecule has 4 nitrogen and oxygen atoms in total. The molecular weight excluding hydrogens is 280 g/mol. The van der Waals surface area contributed by atoms with Crippen molar-refractivity contribution in [1.29, 1.82) is 0 Å². The first-order valence-electron chi connectivity index (χ1n) is 5.01. The molecule has 0 saturated carbocycles. The van der Waals surface area contributed by atoms with Gasteiger partial charge in [0.25, 0.3) is 0 Å². The van der Waals surface area contributed by atoms with Crippen LogP contribution in [0, 0.1) is 0 Å². The molecule has 0 aromatic carbocycles. The Labute approximate surface area is 103 Å². The Morgan fingerprint density at radius 2 is 1.79 bits per heavy atom. The third-order valence-electron chi connectivity index (χ3n) is 1.70. The van der Waals surface area contributed by atoms with Crippen molar-refractivity contribution in [1.82, 2.24) is 9.97 Å². The smallest absolute Gasteiger partial charge is 0.451 e. The molecule has 1 aromatic heterocycles. The first kappa shape index (κ1) is 15.3. The summed E-state index contributed by atoms with van der Waals surface area (Å²) in [6.07, 6.45) is -9.54. The number of rotatable bonds is 4. The van der Waals surface area contributed by atoms with Crippen LogP contribution in [0.25, 0.3) is 0 Å². The molecule has 0 fully saturated rings. The van der Waals surface area contributed by atoms with E-state index in [4.69, 9.17) is 0 Å². The van der Waals surface area contributed by atoms with E-state index in [1.807, 2.05) is 0 Å². The molecule has 0 unspecified atom stereocenters. The van der Waals surface area contributed by atoms with Crippen LogP contribution in [0.5, 0.6) is 5.88 Å². The molecule has 0 spiro atoms. The Bertz CT molecular complexity index is 431. The highest BCUT2D eigenvalue weighted by molar-refractivity contribution is 5.38. The molecule has 108 valence electrons. The summed E-state index contributed by atoms with van der Waals surface area (Å²) >= 11 is 0. The zero-order chi connectivity index (χ0) is 14.7. The summed E-state index contributed by atoms with van der Waals surface area (Å²) in [5, 5.41) is 2.45. The molecule has 0 amide bonds. The second kappa shape index (κ2) is 5.49. The number of halogens is 6. The molecule has 0 bridgehead atoms. The maximum Gasteiger partial charge on any atom is 0.451 e. The molecule has 10 heteroatoms. The lowest BCUT2D eigenvalue weighted by molar-refractivity contribution is -0.155. The molecule has 0 radical (unpaired) electrons. The van der Waals surface area contributed by atoms with Crippen molar-refractivity contribution in [3.8, 4) is 5.88 Å². The van der Waals surface area contributed by atoms with E-state index in [9.17, 15) is 26.3 Å². The minimum atomic E-state index is -4.87. The van der Waals surface area contributed by atoms with Gasteiger partial charge in [-0.2, -0.15) is 31.3 Å². The second-order valence-corrected chi connectivity index (χ2v) is 3.35. The number of nitrogens with one attached hydrogen (secondary N) is 1. The standard InChI is InChI=1S/C9H9F6N3O/c1-2-16-5-3-6(19-4-8(10,11)12)18-7(17-5)9(13,14)15/h3H,2,4H2,1H3,(H,16,17,18). The van der Waals surface area contributed by atoms with Gasteiger partial charge < -0.3 is 10.1 Å². The van der Waals surface area contributed by atoms with E-state index in [0.29, 0.717) is 0 Å². The molecule has 1 rings (SSSR count). The van der Waals surface area contributed by atoms with Crippen LogP contribution in [0.2, 0.25) is 0 Å². The van der Waals surface area contributed by atoms with Gasteiger partial charge >= 0.3 is 12.4 Å². The van der Waals surface area contributed by atoms with Crippen LogP contribution in [0.4, 0.5) is 32.2 Å². The SMILES string of the molecule is CCNc1cc(OCC(F)(F)F)nc(C(F)(F)F)n1. The molecule has 1 heterocycles. The molecule has 0 atom stereocenters. The van der Waals surface area contributed by atoms with Gasteiger partial charge in [0.2, 0.25) is 11.7 Å². The van der Waals surface area contributed by atoms with Crippen molar-refractivity contribution < 1.29 is 31.1 Å². The number of anilines is 1. The van der Waals surface area contributed by atoms with Crippen LogP contribution >= 0.6 is 0 Å². The third kappa shape index (κ3) is 5.18. The Hall–Kier alpha value is -1.74. The van der Waals surface area contributed by atoms with Gasteiger partial charge in [-0.1, -0.05) is 0 Å². The van der Waals surface area contributed by atoms with Crippen molar-refractivity contribution in [3.05, 3.63) is 11.9 Å². The van der Waals surface area contributed by atoms with Gasteiger partial charge in [-0.3, -0.25) is 0 Å². The lowest BCUT2D eigenvalue weighted by Crippen LogP contribution is -2.21. The van der Waals surface area contributed by atoms with Gasteiger partial charge in [0.15, 0.2) is 6.61 Å². The quantitative estimate of drug-likeness (QED) is 0.866. The van der Waals surface area contributed by atoms with E-state index < -0.39 is 30.7 Å². The highest BCUT2D eigenvalue weighted by atomic mass is 19.4. The summed E-state index contributed by atoms with van der Waals surface area (Å²) in [6.45, 7) is 0.103. The maximum absolute atomic E-state index is 12.4. The number of ether oxygens (including phenoxy) is 1. The van der Waals surface area contributed by atoms with E-state index in [1.165, 1.54) is 0 Å². The Balaban J connectivity index is 3.00. The lowest BCUT2D eigenvalue weighted by Gasteiger charge is -2.12. The van der Waals surface area contributed by atoms with Gasteiger partial charge in [0.1, 0.15) is 5.82 Å². The van der Waals surface area contributed by atoms with Gasteiger partial charge in [0.05, 0.1) is 0 Å². The fourth-order valence-corrected chi connectivity index (χ4v) is 1.05. The fourth-order valence-electron chi connectivity index (χ4n) is 1.05. The van der Waals surface area contributed by atoms with E-state index >= 15 is 0 Å². The van der Waals surface area contributed by atoms with Crippen molar-refractivity contribution in [2.24, 2.45) is 0 Å². The summed E-state index contributed by atoms with van der Waals surface area (Å²) in [6, 6.07) is 0.866. The van der Waals surface area contributed by atoms with Crippen LogP contribution in [-0.4, -0.2) is 29.3 Å². The zero-order valence-electron chi connectivity index (χ0n) is 9.56. The van der Waals surface area contributed by atoms with Crippen molar-refractivity contribution in [2.45, 2.75) is 19.3 Å². The molecule has 1 aromatic rings. The third-order valence-corrected chi connectivity index (χ3v) is 1.70. The van der Waals surface area contributed by atoms with Gasteiger partial charge in [0, 0.05) is 12.6 Å². The predicted octanol–water partition coefficient (Wildman–Crippen LogP) is 2.87. The summed E-state index contributed by atoms with van der Waals surface area (Å²) < 4.78 is 77.2. The Kier molecular flexibility index (Phi) is 4.43. The number of nitrogens with zero attached hydrogens (tertiary/aromatic N) is 2. The Morgan fingerprint density at radius 3 is 2.26 bits per heavy atom. The number of hydrogen-bond acceptors (Lipinski definition) is 4. The summed E-state index contributed by atoms with van der Waals surface area (Å²) in [7, 11) is 0. The van der Waals surface area contributed by atoms with E-state index in [1.54, 1.807) is 6.92 Å². The lowest BCUT2D eigenvalue weighted by atomic mass is 10.4. The summed E-state index contributed by atoms with van der Waals surface area (Å²) in [4.78, 5) is 6.02. The van der Waals surface area contributed by atoms with Crippen molar-refractivity contribution >= 4 is 5.82 Å². The molecule has 0 saturated heterocycles. The van der Waals surface area contributed by atoms with E-state index in [2.05, 4.69) is 20.0 Å². The van der Waals surface area contributed by atoms with Crippen molar-refractivity contribution in [3.63, 3.8) is 0 Å². The predicted molar refractivity (Wildman–Crippen MR) is 52.7 cm³/mol. The minimum Gasteiger partial charge on any atom is -0.468 e. The Morgan fingerprint density at radius 1 is 1.16 bits per heavy atom. The zero-order valence-corrected chi connectivity index (χ0v) is 9.56. The average molecular weight is 289 g/mol. The average Bonchev–Trinajstić information content (AvgIpc) is 2.24. The van der Waals surface area contributed by atoms with Crippen molar-refractivity contribution in [2.75, 3.05) is 18.5 Å². The highest BCUT2D eigenvalue weighted by Gasteiger charge is 2.36. The molecule has 0 aliphatic carbocycles. The fraction of sp³-hybridized carbons (Fsp3) is 0.556. The highest BCUT2D eigenvalue weighted by Crippen LogP contribution is 2.29. The molecule has 1 N–H and O–H groups in total.